The van der Waals surface area contributed by atoms with Crippen molar-refractivity contribution in [3.63, 3.8) is 0 Å². The van der Waals surface area contributed by atoms with Gasteiger partial charge in [0.25, 0.3) is 5.91 Å². The average Bonchev–Trinajstić information content (AvgIpc) is 3.20. The molecule has 1 aromatic rings. The molecule has 3 rings (SSSR count). The maximum absolute atomic E-state index is 12.3. The number of carboxylic acids is 1. The number of hydrogen-bond acceptors (Lipinski definition) is 6. The molecule has 9 nitrogen and oxygen atoms in total. The van der Waals surface area contributed by atoms with Crippen LogP contribution in [-0.2, 0) is 21.4 Å². The van der Waals surface area contributed by atoms with Crippen LogP contribution in [0.3, 0.4) is 0 Å². The van der Waals surface area contributed by atoms with Crippen LogP contribution >= 0.6 is 0 Å². The lowest BCUT2D eigenvalue weighted by atomic mass is 9.85. The van der Waals surface area contributed by atoms with E-state index in [-0.39, 0.29) is 36.8 Å². The van der Waals surface area contributed by atoms with Gasteiger partial charge in [0.1, 0.15) is 5.76 Å². The Morgan fingerprint density at radius 3 is 2.59 bits per heavy atom. The lowest BCUT2D eigenvalue weighted by Gasteiger charge is -2.42. The van der Waals surface area contributed by atoms with E-state index in [1.165, 1.54) is 6.07 Å². The fraction of sp³-hybridized carbons (Fsp3) is 0.647. The van der Waals surface area contributed by atoms with Gasteiger partial charge < -0.3 is 14.8 Å². The molecule has 1 aromatic heterocycles. The zero-order valence-corrected chi connectivity index (χ0v) is 16.0. The molecular formula is C17H25N3O6S. The first-order valence-corrected chi connectivity index (χ1v) is 10.9. The topological polar surface area (TPSA) is 129 Å². The van der Waals surface area contributed by atoms with Gasteiger partial charge in [-0.3, -0.25) is 14.5 Å². The second kappa shape index (κ2) is 7.99. The van der Waals surface area contributed by atoms with Crippen molar-refractivity contribution in [2.45, 2.75) is 44.3 Å². The smallest absolute Gasteiger partial charge is 0.317 e. The molecule has 10 heteroatoms. The first-order valence-electron chi connectivity index (χ1n) is 8.99. The van der Waals surface area contributed by atoms with Crippen LogP contribution in [0.25, 0.3) is 0 Å². The summed E-state index contributed by atoms with van der Waals surface area (Å²) in [5, 5.41) is 12.0. The lowest BCUT2D eigenvalue weighted by Crippen LogP contribution is -2.55. The van der Waals surface area contributed by atoms with Gasteiger partial charge in [0.05, 0.1) is 19.3 Å². The van der Waals surface area contributed by atoms with E-state index in [1.807, 2.05) is 4.90 Å². The molecule has 0 unspecified atom stereocenters. The van der Waals surface area contributed by atoms with Gasteiger partial charge in [-0.1, -0.05) is 0 Å². The fourth-order valence-corrected chi connectivity index (χ4v) is 3.61. The number of aliphatic carboxylic acids is 1. The Hall–Kier alpha value is -1.91. The summed E-state index contributed by atoms with van der Waals surface area (Å²) in [7, 11) is -3.33. The number of hydrogen-bond donors (Lipinski definition) is 3. The molecule has 0 aromatic carbocycles. The molecule has 0 atom stereocenters. The van der Waals surface area contributed by atoms with Gasteiger partial charge in [0.15, 0.2) is 5.76 Å². The highest BCUT2D eigenvalue weighted by Crippen LogP contribution is 2.33. The molecule has 1 heterocycles. The van der Waals surface area contributed by atoms with Crippen molar-refractivity contribution >= 4 is 21.9 Å². The molecule has 150 valence electrons. The summed E-state index contributed by atoms with van der Waals surface area (Å²) >= 11 is 0. The van der Waals surface area contributed by atoms with Crippen molar-refractivity contribution < 1.29 is 27.5 Å². The van der Waals surface area contributed by atoms with Gasteiger partial charge in [0, 0.05) is 18.6 Å². The predicted molar refractivity (Wildman–Crippen MR) is 96.6 cm³/mol. The van der Waals surface area contributed by atoms with E-state index in [0.29, 0.717) is 11.7 Å². The largest absolute Gasteiger partial charge is 0.480 e. The second-order valence-corrected chi connectivity index (χ2v) is 9.25. The maximum atomic E-state index is 12.3. The molecule has 0 aliphatic heterocycles. The molecule has 27 heavy (non-hydrogen) atoms. The Kier molecular flexibility index (Phi) is 5.87. The van der Waals surface area contributed by atoms with E-state index in [1.54, 1.807) is 6.07 Å². The van der Waals surface area contributed by atoms with Gasteiger partial charge in [-0.05, 0) is 43.7 Å². The van der Waals surface area contributed by atoms with E-state index in [0.717, 1.165) is 38.5 Å². The molecular weight excluding hydrogens is 374 g/mol. The Morgan fingerprint density at radius 2 is 2.00 bits per heavy atom. The van der Waals surface area contributed by atoms with Gasteiger partial charge in [0.2, 0.25) is 10.0 Å². The third-order valence-corrected chi connectivity index (χ3v) is 5.56. The highest BCUT2D eigenvalue weighted by Gasteiger charge is 2.38. The Morgan fingerprint density at radius 1 is 1.30 bits per heavy atom. The summed E-state index contributed by atoms with van der Waals surface area (Å²) in [6.45, 7) is 0.839. The zero-order valence-electron chi connectivity index (χ0n) is 15.2. The lowest BCUT2D eigenvalue weighted by molar-refractivity contribution is -0.139. The van der Waals surface area contributed by atoms with Crippen molar-refractivity contribution in [3.05, 3.63) is 23.7 Å². The summed E-state index contributed by atoms with van der Waals surface area (Å²) in [5.41, 5.74) is 0. The summed E-state index contributed by atoms with van der Waals surface area (Å²) in [6.07, 6.45) is 4.81. The first kappa shape index (κ1) is 19.8. The monoisotopic (exact) mass is 399 g/mol. The number of sulfonamides is 1. The Bertz CT molecular complexity index is 795. The number of rotatable bonds is 10. The number of carboxylic acid groups (broad SMARTS) is 1. The summed E-state index contributed by atoms with van der Waals surface area (Å²) in [5.74, 6) is -0.0803. The SMILES string of the molecule is CS(=O)(=O)NCc1ccc(C(=O)NC2CC(N(CC(=O)O)CC3CC3)C2)o1. The molecule has 1 amide bonds. The van der Waals surface area contributed by atoms with Gasteiger partial charge in [-0.2, -0.15) is 0 Å². The van der Waals surface area contributed by atoms with Crippen LogP contribution in [0.5, 0.6) is 0 Å². The molecule has 0 saturated heterocycles. The molecule has 0 spiro atoms. The predicted octanol–water partition coefficient (Wildman–Crippen LogP) is 0.386. The van der Waals surface area contributed by atoms with E-state index in [9.17, 15) is 18.0 Å². The minimum absolute atomic E-state index is 0.0110. The van der Waals surface area contributed by atoms with Crippen LogP contribution in [0.2, 0.25) is 0 Å². The van der Waals surface area contributed by atoms with E-state index in [2.05, 4.69) is 10.0 Å². The number of furan rings is 1. The van der Waals surface area contributed by atoms with Crippen molar-refractivity contribution in [3.8, 4) is 0 Å². The van der Waals surface area contributed by atoms with Gasteiger partial charge in [-0.15, -0.1) is 0 Å². The first-order chi connectivity index (χ1) is 12.7. The van der Waals surface area contributed by atoms with Crippen LogP contribution in [0, 0.1) is 5.92 Å². The minimum atomic E-state index is -3.33. The van der Waals surface area contributed by atoms with E-state index in [4.69, 9.17) is 9.52 Å². The van der Waals surface area contributed by atoms with Crippen LogP contribution in [0.1, 0.15) is 42.0 Å². The Labute approximate surface area is 158 Å². The van der Waals surface area contributed by atoms with Gasteiger partial charge in [-0.25, -0.2) is 13.1 Å². The molecule has 2 aliphatic carbocycles. The van der Waals surface area contributed by atoms with E-state index >= 15 is 0 Å². The van der Waals surface area contributed by atoms with E-state index < -0.39 is 16.0 Å². The third-order valence-electron chi connectivity index (χ3n) is 4.89. The van der Waals surface area contributed by atoms with Crippen LogP contribution in [0.15, 0.2) is 16.5 Å². The molecule has 3 N–H and O–H groups in total. The highest BCUT2D eigenvalue weighted by atomic mass is 32.2. The number of nitrogens with one attached hydrogen (secondary N) is 2. The standard InChI is InChI=1S/C17H25N3O6S/c1-27(24,25)18-8-14-4-5-15(26-14)17(23)19-12-6-13(7-12)20(10-16(21)22)9-11-2-3-11/h4-5,11-13,18H,2-3,6-10H2,1H3,(H,19,23)(H,21,22). The molecule has 0 bridgehead atoms. The third kappa shape index (κ3) is 6.05. The number of carbonyl (C=O) groups is 2. The normalized spacial score (nSPS) is 22.4. The van der Waals surface area contributed by atoms with Crippen molar-refractivity contribution in [1.82, 2.24) is 14.9 Å². The minimum Gasteiger partial charge on any atom is -0.480 e. The number of carbonyl (C=O) groups excluding carboxylic acids is 1. The zero-order chi connectivity index (χ0) is 19.6. The average molecular weight is 399 g/mol. The summed E-state index contributed by atoms with van der Waals surface area (Å²) in [4.78, 5) is 25.3. The number of amides is 1. The van der Waals surface area contributed by atoms with Crippen molar-refractivity contribution in [1.29, 1.82) is 0 Å². The van der Waals surface area contributed by atoms with Crippen LogP contribution < -0.4 is 10.0 Å². The molecule has 2 aliphatic rings. The second-order valence-electron chi connectivity index (χ2n) is 7.42. The highest BCUT2D eigenvalue weighted by molar-refractivity contribution is 7.88. The molecule has 0 radical (unpaired) electrons. The maximum Gasteiger partial charge on any atom is 0.317 e. The van der Waals surface area contributed by atoms with Crippen molar-refractivity contribution in [2.75, 3.05) is 19.3 Å². The molecule has 2 fully saturated rings. The summed E-state index contributed by atoms with van der Waals surface area (Å²) in [6, 6.07) is 3.23. The summed E-state index contributed by atoms with van der Waals surface area (Å²) < 4.78 is 29.8. The van der Waals surface area contributed by atoms with Gasteiger partial charge >= 0.3 is 5.97 Å². The quantitative estimate of drug-likeness (QED) is 0.519. The fourth-order valence-electron chi connectivity index (χ4n) is 3.21. The van der Waals surface area contributed by atoms with Crippen LogP contribution in [-0.4, -0.2) is 61.7 Å². The van der Waals surface area contributed by atoms with Crippen LogP contribution in [0.4, 0.5) is 0 Å². The molecule has 2 saturated carbocycles. The van der Waals surface area contributed by atoms with Crippen molar-refractivity contribution in [2.24, 2.45) is 5.92 Å². The Balaban J connectivity index is 1.45. The number of nitrogens with zero attached hydrogens (tertiary/aromatic N) is 1.